The number of pyridine rings is 1. The molecule has 1 unspecified atom stereocenters. The van der Waals surface area contributed by atoms with Crippen molar-refractivity contribution in [3.8, 4) is 0 Å². The Hall–Kier alpha value is -2.14. The second-order valence-corrected chi connectivity index (χ2v) is 5.87. The van der Waals surface area contributed by atoms with Gasteiger partial charge in [0.15, 0.2) is 5.78 Å². The van der Waals surface area contributed by atoms with Gasteiger partial charge < -0.3 is 5.32 Å². The number of carbonyl (C=O) groups is 2. The van der Waals surface area contributed by atoms with Gasteiger partial charge in [0.1, 0.15) is 0 Å². The summed E-state index contributed by atoms with van der Waals surface area (Å²) in [5.74, 6) is 0.0436. The van der Waals surface area contributed by atoms with Gasteiger partial charge in [0.2, 0.25) is 5.91 Å². The lowest BCUT2D eigenvalue weighted by Gasteiger charge is -2.16. The summed E-state index contributed by atoms with van der Waals surface area (Å²) in [5.41, 5.74) is 1.03. The average Bonchev–Trinajstić information content (AvgIpc) is 2.54. The van der Waals surface area contributed by atoms with Gasteiger partial charge in [-0.25, -0.2) is 4.98 Å². The van der Waals surface area contributed by atoms with E-state index in [1.54, 1.807) is 6.20 Å². The molecule has 0 saturated heterocycles. The third kappa shape index (κ3) is 5.33. The normalized spacial score (nSPS) is 11.7. The van der Waals surface area contributed by atoms with Crippen LogP contribution in [-0.2, 0) is 16.0 Å². The number of aromatic nitrogens is 1. The van der Waals surface area contributed by atoms with E-state index in [4.69, 9.17) is 0 Å². The zero-order valence-electron chi connectivity index (χ0n) is 12.4. The zero-order valence-corrected chi connectivity index (χ0v) is 13.2. The second kappa shape index (κ2) is 8.34. The number of ketones is 1. The molecular formula is C17H18N2O2S. The molecule has 2 rings (SSSR count). The lowest BCUT2D eigenvalue weighted by atomic mass is 10.0. The Bertz CT molecular complexity index is 617. The zero-order chi connectivity index (χ0) is 15.8. The van der Waals surface area contributed by atoms with Crippen LogP contribution < -0.4 is 5.32 Å². The summed E-state index contributed by atoms with van der Waals surface area (Å²) in [5, 5.41) is 3.59. The predicted molar refractivity (Wildman–Crippen MR) is 87.7 cm³/mol. The minimum absolute atomic E-state index is 0.0416. The Labute approximate surface area is 134 Å². The summed E-state index contributed by atoms with van der Waals surface area (Å²) in [6, 6.07) is 14.7. The highest BCUT2D eigenvalue weighted by Gasteiger charge is 2.17. The van der Waals surface area contributed by atoms with Gasteiger partial charge in [-0.3, -0.25) is 9.59 Å². The molecule has 22 heavy (non-hydrogen) atoms. The van der Waals surface area contributed by atoms with E-state index >= 15 is 0 Å². The van der Waals surface area contributed by atoms with Crippen molar-refractivity contribution in [1.29, 1.82) is 0 Å². The van der Waals surface area contributed by atoms with E-state index in [0.717, 1.165) is 10.6 Å². The van der Waals surface area contributed by atoms with Crippen LogP contribution in [0, 0.1) is 0 Å². The maximum absolute atomic E-state index is 12.0. The minimum Gasteiger partial charge on any atom is -0.345 e. The first-order valence-corrected chi connectivity index (χ1v) is 8.01. The first-order chi connectivity index (χ1) is 10.6. The molecule has 1 aromatic carbocycles. The van der Waals surface area contributed by atoms with E-state index in [0.29, 0.717) is 6.42 Å². The summed E-state index contributed by atoms with van der Waals surface area (Å²) in [6.07, 6.45) is 2.20. The van der Waals surface area contributed by atoms with Gasteiger partial charge in [-0.05, 0) is 31.0 Å². The van der Waals surface area contributed by atoms with E-state index in [1.807, 2.05) is 48.5 Å². The van der Waals surface area contributed by atoms with Crippen molar-refractivity contribution in [3.05, 3.63) is 60.3 Å². The van der Waals surface area contributed by atoms with Crippen LogP contribution in [0.1, 0.15) is 12.5 Å². The van der Waals surface area contributed by atoms with E-state index in [2.05, 4.69) is 10.3 Å². The van der Waals surface area contributed by atoms with Gasteiger partial charge in [0.25, 0.3) is 0 Å². The first kappa shape index (κ1) is 16.2. The van der Waals surface area contributed by atoms with Crippen LogP contribution in [0.4, 0.5) is 0 Å². The van der Waals surface area contributed by atoms with E-state index < -0.39 is 6.04 Å². The minimum atomic E-state index is -0.487. The lowest BCUT2D eigenvalue weighted by molar-refractivity contribution is -0.125. The van der Waals surface area contributed by atoms with Crippen molar-refractivity contribution < 1.29 is 9.59 Å². The Morgan fingerprint density at radius 3 is 2.50 bits per heavy atom. The number of hydrogen-bond acceptors (Lipinski definition) is 4. The molecule has 4 nitrogen and oxygen atoms in total. The maximum atomic E-state index is 12.0. The number of nitrogens with zero attached hydrogens (tertiary/aromatic N) is 1. The molecule has 0 aliphatic heterocycles. The quantitative estimate of drug-likeness (QED) is 0.798. The molecule has 1 atom stereocenters. The van der Waals surface area contributed by atoms with Crippen molar-refractivity contribution in [2.75, 3.05) is 5.75 Å². The van der Waals surface area contributed by atoms with Crippen LogP contribution in [0.5, 0.6) is 0 Å². The van der Waals surface area contributed by atoms with E-state index in [9.17, 15) is 9.59 Å². The molecule has 0 radical (unpaired) electrons. The van der Waals surface area contributed by atoms with Gasteiger partial charge in [-0.1, -0.05) is 48.2 Å². The number of rotatable bonds is 7. The summed E-state index contributed by atoms with van der Waals surface area (Å²) >= 11 is 1.35. The summed E-state index contributed by atoms with van der Waals surface area (Å²) in [7, 11) is 0. The van der Waals surface area contributed by atoms with Crippen LogP contribution in [0.2, 0.25) is 0 Å². The fourth-order valence-corrected chi connectivity index (χ4v) is 2.63. The van der Waals surface area contributed by atoms with Crippen LogP contribution in [0.3, 0.4) is 0 Å². The molecule has 1 heterocycles. The molecular weight excluding hydrogens is 296 g/mol. The SMILES string of the molecule is CC(=O)C(Cc1ccccc1)NC(=O)CSc1ccccn1. The molecule has 0 bridgehead atoms. The topological polar surface area (TPSA) is 59.1 Å². The number of Topliss-reactive ketones (excluding diaryl/α,β-unsaturated/α-hetero) is 1. The Balaban J connectivity index is 1.88. The van der Waals surface area contributed by atoms with Gasteiger partial charge in [-0.2, -0.15) is 0 Å². The standard InChI is InChI=1S/C17H18N2O2S/c1-13(20)15(11-14-7-3-2-4-8-14)19-16(21)12-22-17-9-5-6-10-18-17/h2-10,15H,11-12H2,1H3,(H,19,21). The van der Waals surface area contributed by atoms with Gasteiger partial charge in [-0.15, -0.1) is 0 Å². The molecule has 0 fully saturated rings. The molecule has 2 aromatic rings. The summed E-state index contributed by atoms with van der Waals surface area (Å²) in [4.78, 5) is 27.9. The third-order valence-corrected chi connectivity index (χ3v) is 4.04. The Kier molecular flexibility index (Phi) is 6.15. The number of nitrogens with one attached hydrogen (secondary N) is 1. The number of carbonyl (C=O) groups excluding carboxylic acids is 2. The van der Waals surface area contributed by atoms with Crippen molar-refractivity contribution in [2.45, 2.75) is 24.4 Å². The lowest BCUT2D eigenvalue weighted by Crippen LogP contribution is -2.42. The number of hydrogen-bond donors (Lipinski definition) is 1. The van der Waals surface area contributed by atoms with Crippen LogP contribution in [0.15, 0.2) is 59.8 Å². The van der Waals surface area contributed by atoms with Gasteiger partial charge in [0.05, 0.1) is 16.8 Å². The molecule has 5 heteroatoms. The van der Waals surface area contributed by atoms with Crippen molar-refractivity contribution in [2.24, 2.45) is 0 Å². The molecule has 0 saturated carbocycles. The van der Waals surface area contributed by atoms with Crippen LogP contribution in [-0.4, -0.2) is 28.5 Å². The third-order valence-electron chi connectivity index (χ3n) is 3.10. The maximum Gasteiger partial charge on any atom is 0.231 e. The summed E-state index contributed by atoms with van der Waals surface area (Å²) in [6.45, 7) is 1.50. The highest BCUT2D eigenvalue weighted by Crippen LogP contribution is 2.13. The molecule has 0 spiro atoms. The van der Waals surface area contributed by atoms with Crippen molar-refractivity contribution in [3.63, 3.8) is 0 Å². The molecule has 1 amide bonds. The van der Waals surface area contributed by atoms with Crippen LogP contribution >= 0.6 is 11.8 Å². The summed E-state index contributed by atoms with van der Waals surface area (Å²) < 4.78 is 0. The Morgan fingerprint density at radius 1 is 1.14 bits per heavy atom. The number of amides is 1. The molecule has 1 aromatic heterocycles. The highest BCUT2D eigenvalue weighted by molar-refractivity contribution is 7.99. The van der Waals surface area contributed by atoms with Gasteiger partial charge >= 0.3 is 0 Å². The van der Waals surface area contributed by atoms with E-state index in [-0.39, 0.29) is 17.4 Å². The fraction of sp³-hybridized carbons (Fsp3) is 0.235. The second-order valence-electron chi connectivity index (χ2n) is 4.88. The molecule has 114 valence electrons. The monoisotopic (exact) mass is 314 g/mol. The van der Waals surface area contributed by atoms with E-state index in [1.165, 1.54) is 18.7 Å². The molecule has 0 aliphatic rings. The first-order valence-electron chi connectivity index (χ1n) is 7.02. The number of benzene rings is 1. The molecule has 1 N–H and O–H groups in total. The van der Waals surface area contributed by atoms with Crippen molar-refractivity contribution in [1.82, 2.24) is 10.3 Å². The van der Waals surface area contributed by atoms with Crippen LogP contribution in [0.25, 0.3) is 0 Å². The number of thioether (sulfide) groups is 1. The predicted octanol–water partition coefficient (Wildman–Crippen LogP) is 2.49. The molecule has 0 aliphatic carbocycles. The highest BCUT2D eigenvalue weighted by atomic mass is 32.2. The van der Waals surface area contributed by atoms with Crippen molar-refractivity contribution >= 4 is 23.5 Å². The van der Waals surface area contributed by atoms with Gasteiger partial charge in [0, 0.05) is 6.20 Å². The Morgan fingerprint density at radius 2 is 1.86 bits per heavy atom. The average molecular weight is 314 g/mol. The smallest absolute Gasteiger partial charge is 0.231 e. The fourth-order valence-electron chi connectivity index (χ4n) is 1.95. The largest absolute Gasteiger partial charge is 0.345 e.